The maximum atomic E-state index is 12.5. The molecule has 4 nitrogen and oxygen atoms in total. The summed E-state index contributed by atoms with van der Waals surface area (Å²) >= 11 is 1.63. The molecule has 2 heterocycles. The molecule has 1 aliphatic rings. The first-order chi connectivity index (χ1) is 11.9. The van der Waals surface area contributed by atoms with Gasteiger partial charge in [0.2, 0.25) is 5.91 Å². The van der Waals surface area contributed by atoms with Crippen LogP contribution in [0.15, 0.2) is 41.8 Å². The Hall–Kier alpha value is -2.22. The molecular weight excluding hydrogens is 353 g/mol. The zero-order chi connectivity index (χ0) is 17.9. The Morgan fingerprint density at radius 1 is 1.32 bits per heavy atom. The number of anilines is 1. The van der Waals surface area contributed by atoms with Gasteiger partial charge in [-0.15, -0.1) is 24.5 Å². The molecule has 3 rings (SSSR count). The van der Waals surface area contributed by atoms with Crippen molar-refractivity contribution in [1.29, 1.82) is 0 Å². The predicted molar refractivity (Wildman–Crippen MR) is 89.6 cm³/mol. The number of hydrogen-bond donors (Lipinski definition) is 1. The Morgan fingerprint density at radius 2 is 2.16 bits per heavy atom. The van der Waals surface area contributed by atoms with Crippen molar-refractivity contribution >= 4 is 22.9 Å². The number of rotatable bonds is 5. The lowest BCUT2D eigenvalue weighted by atomic mass is 10.2. The van der Waals surface area contributed by atoms with Crippen molar-refractivity contribution < 1.29 is 22.7 Å². The molecule has 0 bridgehead atoms. The van der Waals surface area contributed by atoms with Gasteiger partial charge in [-0.3, -0.25) is 4.79 Å². The number of amides is 1. The van der Waals surface area contributed by atoms with Gasteiger partial charge < -0.3 is 15.0 Å². The highest BCUT2D eigenvalue weighted by atomic mass is 32.1. The number of hydrogen-bond acceptors (Lipinski definition) is 4. The highest BCUT2D eigenvalue weighted by molar-refractivity contribution is 7.10. The van der Waals surface area contributed by atoms with Gasteiger partial charge in [-0.05, 0) is 36.4 Å². The van der Waals surface area contributed by atoms with Crippen LogP contribution in [-0.2, 0) is 4.79 Å². The molecule has 0 radical (unpaired) electrons. The lowest BCUT2D eigenvalue weighted by Crippen LogP contribution is -2.34. The number of benzene rings is 1. The third-order valence-corrected chi connectivity index (χ3v) is 4.93. The van der Waals surface area contributed by atoms with E-state index in [2.05, 4.69) is 10.1 Å². The second-order valence-electron chi connectivity index (χ2n) is 5.69. The first-order valence-corrected chi connectivity index (χ1v) is 8.73. The second kappa shape index (κ2) is 7.35. The Morgan fingerprint density at radius 3 is 2.88 bits per heavy atom. The molecule has 1 fully saturated rings. The number of nitrogens with zero attached hydrogens (tertiary/aromatic N) is 1. The quantitative estimate of drug-likeness (QED) is 0.847. The van der Waals surface area contributed by atoms with E-state index in [0.717, 1.165) is 17.7 Å². The van der Waals surface area contributed by atoms with E-state index in [1.54, 1.807) is 17.4 Å². The van der Waals surface area contributed by atoms with E-state index in [-0.39, 0.29) is 24.2 Å². The van der Waals surface area contributed by atoms with Gasteiger partial charge in [0, 0.05) is 23.2 Å². The van der Waals surface area contributed by atoms with Gasteiger partial charge in [0.15, 0.2) is 0 Å². The van der Waals surface area contributed by atoms with E-state index in [9.17, 15) is 18.0 Å². The average Bonchev–Trinajstić information content (AvgIpc) is 3.21. The largest absolute Gasteiger partial charge is 0.573 e. The van der Waals surface area contributed by atoms with Gasteiger partial charge in [0.25, 0.3) is 0 Å². The topological polar surface area (TPSA) is 41.6 Å². The fraction of sp³-hybridized carbons (Fsp3) is 0.353. The van der Waals surface area contributed by atoms with Crippen LogP contribution in [0.1, 0.15) is 23.8 Å². The standard InChI is InChI=1S/C17H17F3N2O2S/c18-17(19,20)24-13-5-1-4-12(10-13)21-11-16(23)22-8-2-6-14(22)15-7-3-9-25-15/h1,3-5,7,9-10,14,21H,2,6,8,11H2. The van der Waals surface area contributed by atoms with Crippen LogP contribution in [0.5, 0.6) is 5.75 Å². The Balaban J connectivity index is 1.60. The van der Waals surface area contributed by atoms with Crippen LogP contribution in [-0.4, -0.2) is 30.3 Å². The lowest BCUT2D eigenvalue weighted by molar-refractivity contribution is -0.274. The summed E-state index contributed by atoms with van der Waals surface area (Å²) in [6.07, 6.45) is -2.86. The van der Waals surface area contributed by atoms with Crippen LogP contribution >= 0.6 is 11.3 Å². The molecule has 8 heteroatoms. The van der Waals surface area contributed by atoms with Gasteiger partial charge >= 0.3 is 6.36 Å². The summed E-state index contributed by atoms with van der Waals surface area (Å²) in [6.45, 7) is 0.720. The van der Waals surface area contributed by atoms with Crippen molar-refractivity contribution in [1.82, 2.24) is 4.90 Å². The Labute approximate surface area is 147 Å². The normalized spacial score (nSPS) is 17.6. The molecule has 2 aromatic rings. The summed E-state index contributed by atoms with van der Waals surface area (Å²) < 4.78 is 40.7. The molecular formula is C17H17F3N2O2S. The van der Waals surface area contributed by atoms with Gasteiger partial charge in [-0.25, -0.2) is 0 Å². The zero-order valence-electron chi connectivity index (χ0n) is 13.3. The highest BCUT2D eigenvalue weighted by Gasteiger charge is 2.31. The maximum absolute atomic E-state index is 12.5. The van der Waals surface area contributed by atoms with Gasteiger partial charge in [-0.2, -0.15) is 0 Å². The van der Waals surface area contributed by atoms with E-state index in [0.29, 0.717) is 12.2 Å². The van der Waals surface area contributed by atoms with Crippen LogP contribution in [0.2, 0.25) is 0 Å². The molecule has 1 N–H and O–H groups in total. The fourth-order valence-corrected chi connectivity index (χ4v) is 3.80. The SMILES string of the molecule is O=C(CNc1cccc(OC(F)(F)F)c1)N1CCCC1c1cccs1. The van der Waals surface area contributed by atoms with Crippen LogP contribution < -0.4 is 10.1 Å². The van der Waals surface area contributed by atoms with E-state index < -0.39 is 6.36 Å². The molecule has 134 valence electrons. The third kappa shape index (κ3) is 4.66. The van der Waals surface area contributed by atoms with Crippen molar-refractivity contribution in [2.45, 2.75) is 25.2 Å². The number of alkyl halides is 3. The Bertz CT molecular complexity index is 719. The molecule has 0 aliphatic carbocycles. The lowest BCUT2D eigenvalue weighted by Gasteiger charge is -2.24. The van der Waals surface area contributed by atoms with Crippen LogP contribution in [0, 0.1) is 0 Å². The molecule has 1 aromatic carbocycles. The second-order valence-corrected chi connectivity index (χ2v) is 6.67. The molecule has 1 saturated heterocycles. The molecule has 1 aromatic heterocycles. The van der Waals surface area contributed by atoms with Gasteiger partial charge in [0.05, 0.1) is 12.6 Å². The van der Waals surface area contributed by atoms with E-state index in [1.165, 1.54) is 18.2 Å². The highest BCUT2D eigenvalue weighted by Crippen LogP contribution is 2.34. The summed E-state index contributed by atoms with van der Waals surface area (Å²) in [5.41, 5.74) is 0.405. The van der Waals surface area contributed by atoms with Crippen molar-refractivity contribution in [2.24, 2.45) is 0 Å². The summed E-state index contributed by atoms with van der Waals surface area (Å²) in [5, 5.41) is 4.86. The van der Waals surface area contributed by atoms with Crippen molar-refractivity contribution in [3.63, 3.8) is 0 Å². The molecule has 1 atom stereocenters. The minimum absolute atomic E-state index is 0.0251. The minimum atomic E-state index is -4.74. The molecule has 1 aliphatic heterocycles. The number of carbonyl (C=O) groups excluding carboxylic acids is 1. The number of nitrogens with one attached hydrogen (secondary N) is 1. The molecule has 1 unspecified atom stereocenters. The maximum Gasteiger partial charge on any atom is 0.573 e. The summed E-state index contributed by atoms with van der Waals surface area (Å²) in [7, 11) is 0. The predicted octanol–water partition coefficient (Wildman–Crippen LogP) is 4.42. The average molecular weight is 370 g/mol. The molecule has 1 amide bonds. The summed E-state index contributed by atoms with van der Waals surface area (Å²) in [4.78, 5) is 15.5. The molecule has 25 heavy (non-hydrogen) atoms. The first kappa shape index (κ1) is 17.6. The van der Waals surface area contributed by atoms with Crippen molar-refractivity contribution in [3.05, 3.63) is 46.7 Å². The number of halogens is 3. The summed E-state index contributed by atoms with van der Waals surface area (Å²) in [6, 6.07) is 9.55. The van der Waals surface area contributed by atoms with Crippen LogP contribution in [0.25, 0.3) is 0 Å². The monoisotopic (exact) mass is 370 g/mol. The summed E-state index contributed by atoms with van der Waals surface area (Å²) in [5.74, 6) is -0.388. The Kier molecular flexibility index (Phi) is 5.17. The van der Waals surface area contributed by atoms with Crippen LogP contribution in [0.4, 0.5) is 18.9 Å². The van der Waals surface area contributed by atoms with Gasteiger partial charge in [0.1, 0.15) is 5.75 Å². The number of thiophene rings is 1. The van der Waals surface area contributed by atoms with Gasteiger partial charge in [-0.1, -0.05) is 12.1 Å². The smallest absolute Gasteiger partial charge is 0.406 e. The number of likely N-dealkylation sites (tertiary alicyclic amines) is 1. The third-order valence-electron chi connectivity index (χ3n) is 3.96. The van der Waals surface area contributed by atoms with E-state index in [1.807, 2.05) is 22.4 Å². The minimum Gasteiger partial charge on any atom is -0.406 e. The fourth-order valence-electron chi connectivity index (χ4n) is 2.92. The van der Waals surface area contributed by atoms with E-state index in [4.69, 9.17) is 0 Å². The zero-order valence-corrected chi connectivity index (χ0v) is 14.1. The van der Waals surface area contributed by atoms with Crippen molar-refractivity contribution in [3.8, 4) is 5.75 Å². The first-order valence-electron chi connectivity index (χ1n) is 7.85. The molecule has 0 saturated carbocycles. The molecule has 0 spiro atoms. The van der Waals surface area contributed by atoms with E-state index >= 15 is 0 Å². The number of carbonyl (C=O) groups is 1. The van der Waals surface area contributed by atoms with Crippen LogP contribution in [0.3, 0.4) is 0 Å². The number of ether oxygens (including phenoxy) is 1. The van der Waals surface area contributed by atoms with Crippen molar-refractivity contribution in [2.75, 3.05) is 18.4 Å².